The van der Waals surface area contributed by atoms with E-state index < -0.39 is 28.3 Å². The molecule has 0 radical (unpaired) electrons. The number of nitrogens with one attached hydrogen (secondary N) is 1. The van der Waals surface area contributed by atoms with Crippen LogP contribution in [0.1, 0.15) is 38.7 Å². The quantitative estimate of drug-likeness (QED) is 0.362. The first-order valence-electron chi connectivity index (χ1n) is 8.88. The molecule has 0 spiro atoms. The highest BCUT2D eigenvalue weighted by Gasteiger charge is 2.38. The van der Waals surface area contributed by atoms with Gasteiger partial charge in [0.25, 0.3) is 0 Å². The van der Waals surface area contributed by atoms with Crippen LogP contribution in [0.2, 0.25) is 0 Å². The highest BCUT2D eigenvalue weighted by molar-refractivity contribution is 8.20. The highest BCUT2D eigenvalue weighted by Crippen LogP contribution is 2.48. The summed E-state index contributed by atoms with van der Waals surface area (Å²) < 4.78 is 25.9. The number of rotatable bonds is 12. The topological polar surface area (TPSA) is 142 Å². The molecule has 2 atom stereocenters. The Hall–Kier alpha value is -1.65. The molecule has 8 nitrogen and oxygen atoms in total. The number of carboxylic acid groups (broad SMARTS) is 1. The summed E-state index contributed by atoms with van der Waals surface area (Å²) in [6, 6.07) is 9.44. The Labute approximate surface area is 161 Å². The Morgan fingerprint density at radius 1 is 1.22 bits per heavy atom. The fourth-order valence-corrected chi connectivity index (χ4v) is 4.11. The normalized spacial score (nSPS) is 14.6. The fourth-order valence-electron chi connectivity index (χ4n) is 2.48. The molecular weight excluding hydrogens is 372 g/mol. The third-order valence-electron chi connectivity index (χ3n) is 3.93. The van der Waals surface area contributed by atoms with Crippen LogP contribution >= 0.6 is 10.9 Å². The van der Waals surface area contributed by atoms with Crippen molar-refractivity contribution in [2.45, 2.75) is 51.0 Å². The first-order chi connectivity index (χ1) is 12.7. The first-order valence-corrected chi connectivity index (χ1v) is 10.4. The fraction of sp³-hybridized carbons (Fsp3) is 0.556. The summed E-state index contributed by atoms with van der Waals surface area (Å²) in [5.74, 6) is -2.05. The van der Waals surface area contributed by atoms with Crippen molar-refractivity contribution in [1.29, 1.82) is 0 Å². The van der Waals surface area contributed by atoms with Crippen LogP contribution in [0.5, 0.6) is 0 Å². The monoisotopic (exact) mass is 402 g/mol. The summed E-state index contributed by atoms with van der Waals surface area (Å²) in [5.41, 5.74) is 6.36. The molecule has 0 heterocycles. The number of hydrogen-bond acceptors (Lipinski definition) is 6. The molecular formula is C18H30N2O6S. The van der Waals surface area contributed by atoms with Crippen LogP contribution in [0.3, 0.4) is 0 Å². The smallest absolute Gasteiger partial charge is 0.334 e. The van der Waals surface area contributed by atoms with E-state index in [1.54, 1.807) is 13.8 Å². The minimum Gasteiger partial charge on any atom is -0.479 e. The van der Waals surface area contributed by atoms with Crippen LogP contribution in [-0.2, 0) is 20.2 Å². The molecule has 2 unspecified atom stereocenters. The van der Waals surface area contributed by atoms with E-state index in [1.165, 1.54) is 0 Å². The van der Waals surface area contributed by atoms with Crippen LogP contribution in [0.25, 0.3) is 0 Å². The number of amides is 1. The predicted octanol–water partition coefficient (Wildman–Crippen LogP) is 2.59. The second-order valence-corrected chi connectivity index (χ2v) is 8.39. The molecule has 0 aliphatic carbocycles. The molecule has 0 aromatic heterocycles. The van der Waals surface area contributed by atoms with Crippen molar-refractivity contribution in [3.8, 4) is 0 Å². The minimum absolute atomic E-state index is 0.0501. The maximum Gasteiger partial charge on any atom is 0.334 e. The number of aliphatic carboxylic acids is 1. The predicted molar refractivity (Wildman–Crippen MR) is 105 cm³/mol. The number of carbonyl (C=O) groups excluding carboxylic acids is 1. The van der Waals surface area contributed by atoms with Gasteiger partial charge >= 0.3 is 5.97 Å². The maximum atomic E-state index is 12.3. The van der Waals surface area contributed by atoms with Crippen molar-refractivity contribution < 1.29 is 28.0 Å². The molecule has 1 rings (SSSR count). The van der Waals surface area contributed by atoms with Crippen LogP contribution in [0.4, 0.5) is 0 Å². The van der Waals surface area contributed by atoms with E-state index in [0.717, 1.165) is 5.56 Å². The van der Waals surface area contributed by atoms with Crippen LogP contribution in [0.15, 0.2) is 30.3 Å². The number of benzene rings is 1. The van der Waals surface area contributed by atoms with Gasteiger partial charge in [-0.25, -0.2) is 4.79 Å². The largest absolute Gasteiger partial charge is 0.479 e. The van der Waals surface area contributed by atoms with Gasteiger partial charge in [-0.05, 0) is 37.3 Å². The van der Waals surface area contributed by atoms with Crippen molar-refractivity contribution in [3.05, 3.63) is 35.9 Å². The number of aryl methyl sites for hydroxylation is 1. The van der Waals surface area contributed by atoms with Crippen LogP contribution < -0.4 is 11.1 Å². The van der Waals surface area contributed by atoms with Gasteiger partial charge in [0.15, 0.2) is 6.10 Å². The lowest BCUT2D eigenvalue weighted by atomic mass is 10.1. The molecule has 1 aromatic carbocycles. The number of carbonyl (C=O) groups is 2. The summed E-state index contributed by atoms with van der Waals surface area (Å²) in [6.07, 6.45) is -0.318. The summed E-state index contributed by atoms with van der Waals surface area (Å²) >= 11 is 0. The molecule has 0 fully saturated rings. The zero-order chi connectivity index (χ0) is 20.4. The average molecular weight is 403 g/mol. The minimum atomic E-state index is -3.83. The number of carboxylic acids is 1. The van der Waals surface area contributed by atoms with Gasteiger partial charge in [0.05, 0.1) is 0 Å². The summed E-state index contributed by atoms with van der Waals surface area (Å²) in [5, 5.41) is 10.7. The van der Waals surface area contributed by atoms with E-state index in [1.807, 2.05) is 30.3 Å². The van der Waals surface area contributed by atoms with E-state index in [2.05, 4.69) is 5.32 Å². The molecule has 0 saturated heterocycles. The molecule has 27 heavy (non-hydrogen) atoms. The Morgan fingerprint density at radius 3 is 2.37 bits per heavy atom. The highest BCUT2D eigenvalue weighted by atomic mass is 32.3. The van der Waals surface area contributed by atoms with E-state index >= 15 is 0 Å². The van der Waals surface area contributed by atoms with Gasteiger partial charge in [0, 0.05) is 6.42 Å². The van der Waals surface area contributed by atoms with Gasteiger partial charge < -0.3 is 25.3 Å². The van der Waals surface area contributed by atoms with Gasteiger partial charge in [0.1, 0.15) is 16.2 Å². The zero-order valence-corrected chi connectivity index (χ0v) is 16.5. The standard InChI is InChI=1S/C18H30N2O6S/c1-13(2)17(20-16(21)11-10-14-7-4-3-5-8-14)27(24,25)26-15(18(22)23)9-6-12-19/h3-5,7-8,13,15,17,24-25H,6,9-12,19H2,1-2H3,(H,20,21)(H,22,23). The van der Waals surface area contributed by atoms with Crippen molar-refractivity contribution in [1.82, 2.24) is 5.32 Å². The molecule has 1 amide bonds. The van der Waals surface area contributed by atoms with Crippen molar-refractivity contribution >= 4 is 22.7 Å². The Balaban J connectivity index is 2.73. The van der Waals surface area contributed by atoms with E-state index in [4.69, 9.17) is 9.92 Å². The van der Waals surface area contributed by atoms with Crippen LogP contribution in [0, 0.1) is 5.92 Å². The van der Waals surface area contributed by atoms with Gasteiger partial charge in [-0.1, -0.05) is 44.2 Å². The van der Waals surface area contributed by atoms with E-state index in [0.29, 0.717) is 12.8 Å². The van der Waals surface area contributed by atoms with Gasteiger partial charge in [-0.2, -0.15) is 0 Å². The maximum absolute atomic E-state index is 12.3. The van der Waals surface area contributed by atoms with Crippen molar-refractivity contribution in [2.75, 3.05) is 6.54 Å². The van der Waals surface area contributed by atoms with E-state index in [9.17, 15) is 23.8 Å². The second-order valence-electron chi connectivity index (χ2n) is 6.61. The lowest BCUT2D eigenvalue weighted by Gasteiger charge is -2.39. The molecule has 1 aromatic rings. The first kappa shape index (κ1) is 23.4. The lowest BCUT2D eigenvalue weighted by Crippen LogP contribution is -2.44. The molecule has 0 saturated carbocycles. The van der Waals surface area contributed by atoms with Crippen molar-refractivity contribution in [3.63, 3.8) is 0 Å². The average Bonchev–Trinajstić information content (AvgIpc) is 2.61. The third-order valence-corrected chi connectivity index (χ3v) is 5.77. The third kappa shape index (κ3) is 8.27. The van der Waals surface area contributed by atoms with Crippen molar-refractivity contribution in [2.24, 2.45) is 11.7 Å². The zero-order valence-electron chi connectivity index (χ0n) is 15.7. The SMILES string of the molecule is CC(C)C(NC(=O)CCc1ccccc1)S(O)(O)OC(CCCN)C(=O)O. The Kier molecular flexibility index (Phi) is 9.75. The summed E-state index contributed by atoms with van der Waals surface area (Å²) in [7, 11) is -3.83. The molecule has 0 aliphatic heterocycles. The van der Waals surface area contributed by atoms with Crippen LogP contribution in [-0.4, -0.2) is 44.1 Å². The molecule has 6 N–H and O–H groups in total. The number of hydrogen-bond donors (Lipinski definition) is 5. The molecule has 0 bridgehead atoms. The molecule has 154 valence electrons. The summed E-state index contributed by atoms with van der Waals surface area (Å²) in [6.45, 7) is 3.64. The molecule has 0 aliphatic rings. The molecule has 9 heteroatoms. The Bertz CT molecular complexity index is 597. The lowest BCUT2D eigenvalue weighted by molar-refractivity contribution is -0.145. The Morgan fingerprint density at radius 2 is 1.85 bits per heavy atom. The van der Waals surface area contributed by atoms with Gasteiger partial charge in [0.2, 0.25) is 5.91 Å². The second kappa shape index (κ2) is 11.3. The van der Waals surface area contributed by atoms with Gasteiger partial charge in [-0.15, -0.1) is 0 Å². The number of nitrogens with two attached hydrogens (primary N) is 1. The van der Waals surface area contributed by atoms with E-state index in [-0.39, 0.29) is 31.2 Å². The summed E-state index contributed by atoms with van der Waals surface area (Å²) in [4.78, 5) is 23.6. The van der Waals surface area contributed by atoms with Gasteiger partial charge in [-0.3, -0.25) is 8.98 Å².